The molecule has 1 heteroatoms. The first kappa shape index (κ1) is 11.2. The average molecular weight is 165 g/mol. The molecule has 0 saturated carbocycles. The van der Waals surface area contributed by atoms with Gasteiger partial charge in [0.15, 0.2) is 0 Å². The number of nitrogens with zero attached hydrogens (tertiary/aromatic N) is 1. The minimum Gasteiger partial charge on any atom is -0.198 e. The Bertz CT molecular complexity index is 142. The first-order chi connectivity index (χ1) is 5.91. The van der Waals surface area contributed by atoms with Crippen molar-refractivity contribution >= 4 is 0 Å². The standard InChI is InChI=1S/C11H19N/c1-2-3-4-5-6-7-8-9-10-11-12/h5-6H,2-4,7-10H2,1H3. The highest BCUT2D eigenvalue weighted by Crippen LogP contribution is 2.01. The van der Waals surface area contributed by atoms with Gasteiger partial charge in [0.1, 0.15) is 0 Å². The molecule has 0 amide bonds. The molecule has 0 aliphatic carbocycles. The van der Waals surface area contributed by atoms with Gasteiger partial charge < -0.3 is 0 Å². The number of unbranched alkanes of at least 4 members (excludes halogenated alkanes) is 5. The molecule has 0 heterocycles. The Hall–Kier alpha value is -0.770. The van der Waals surface area contributed by atoms with E-state index in [2.05, 4.69) is 25.1 Å². The van der Waals surface area contributed by atoms with Crippen molar-refractivity contribution in [2.45, 2.75) is 51.9 Å². The summed E-state index contributed by atoms with van der Waals surface area (Å²) in [5, 5.41) is 8.27. The molecule has 12 heavy (non-hydrogen) atoms. The van der Waals surface area contributed by atoms with E-state index in [1.165, 1.54) is 19.3 Å². The van der Waals surface area contributed by atoms with Crippen LogP contribution in [0.5, 0.6) is 0 Å². The van der Waals surface area contributed by atoms with Gasteiger partial charge in [0.05, 0.1) is 6.07 Å². The van der Waals surface area contributed by atoms with Crippen LogP contribution in [0.25, 0.3) is 0 Å². The summed E-state index contributed by atoms with van der Waals surface area (Å²) in [6.07, 6.45) is 12.4. The van der Waals surface area contributed by atoms with Crippen molar-refractivity contribution < 1.29 is 0 Å². The third kappa shape index (κ3) is 9.23. The molecule has 0 bridgehead atoms. The summed E-state index contributed by atoms with van der Waals surface area (Å²) < 4.78 is 0. The zero-order valence-corrected chi connectivity index (χ0v) is 8.05. The van der Waals surface area contributed by atoms with E-state index in [1.807, 2.05) is 0 Å². The molecular formula is C11H19N. The molecule has 0 fully saturated rings. The molecule has 0 atom stereocenters. The predicted octanol–water partition coefficient (Wildman–Crippen LogP) is 3.82. The molecular weight excluding hydrogens is 146 g/mol. The highest BCUT2D eigenvalue weighted by molar-refractivity contribution is 4.81. The summed E-state index contributed by atoms with van der Waals surface area (Å²) in [4.78, 5) is 0. The van der Waals surface area contributed by atoms with Gasteiger partial charge in [0.2, 0.25) is 0 Å². The molecule has 0 aliphatic heterocycles. The quantitative estimate of drug-likeness (QED) is 0.415. The van der Waals surface area contributed by atoms with E-state index in [4.69, 9.17) is 5.26 Å². The van der Waals surface area contributed by atoms with Crippen molar-refractivity contribution in [3.8, 4) is 6.07 Å². The van der Waals surface area contributed by atoms with E-state index in [-0.39, 0.29) is 0 Å². The van der Waals surface area contributed by atoms with E-state index < -0.39 is 0 Å². The molecule has 1 nitrogen and oxygen atoms in total. The van der Waals surface area contributed by atoms with Gasteiger partial charge in [-0.25, -0.2) is 0 Å². The largest absolute Gasteiger partial charge is 0.198 e. The molecule has 0 unspecified atom stereocenters. The van der Waals surface area contributed by atoms with E-state index in [0.717, 1.165) is 19.3 Å². The fourth-order valence-corrected chi connectivity index (χ4v) is 1.02. The van der Waals surface area contributed by atoms with E-state index in [1.54, 1.807) is 0 Å². The fourth-order valence-electron chi connectivity index (χ4n) is 1.02. The summed E-state index contributed by atoms with van der Waals surface area (Å²) in [7, 11) is 0. The Morgan fingerprint density at radius 2 is 1.75 bits per heavy atom. The maximum atomic E-state index is 8.27. The van der Waals surface area contributed by atoms with Gasteiger partial charge in [-0.1, -0.05) is 31.9 Å². The molecule has 0 saturated heterocycles. The molecule has 0 N–H and O–H groups in total. The maximum absolute atomic E-state index is 8.27. The smallest absolute Gasteiger partial charge is 0.0621 e. The van der Waals surface area contributed by atoms with Crippen molar-refractivity contribution in [2.75, 3.05) is 0 Å². The highest BCUT2D eigenvalue weighted by atomic mass is 14.2. The Balaban J connectivity index is 2.98. The second-order valence-corrected chi connectivity index (χ2v) is 3.02. The molecule has 0 aromatic carbocycles. The highest BCUT2D eigenvalue weighted by Gasteiger charge is 1.83. The fraction of sp³-hybridized carbons (Fsp3) is 0.727. The Morgan fingerprint density at radius 1 is 1.08 bits per heavy atom. The number of nitriles is 1. The van der Waals surface area contributed by atoms with Crippen LogP contribution in [-0.2, 0) is 0 Å². The van der Waals surface area contributed by atoms with Gasteiger partial charge in [0, 0.05) is 6.42 Å². The Labute approximate surface area is 76.1 Å². The minimum atomic E-state index is 0.711. The van der Waals surface area contributed by atoms with Crippen molar-refractivity contribution in [3.05, 3.63) is 12.2 Å². The number of rotatable bonds is 7. The lowest BCUT2D eigenvalue weighted by Crippen LogP contribution is -1.72. The monoisotopic (exact) mass is 165 g/mol. The van der Waals surface area contributed by atoms with Crippen LogP contribution in [-0.4, -0.2) is 0 Å². The minimum absolute atomic E-state index is 0.711. The topological polar surface area (TPSA) is 23.8 Å². The van der Waals surface area contributed by atoms with Crippen LogP contribution in [0, 0.1) is 11.3 Å². The van der Waals surface area contributed by atoms with Crippen LogP contribution in [0.15, 0.2) is 12.2 Å². The molecule has 0 aromatic heterocycles. The Morgan fingerprint density at radius 3 is 2.33 bits per heavy atom. The van der Waals surface area contributed by atoms with Gasteiger partial charge >= 0.3 is 0 Å². The van der Waals surface area contributed by atoms with Gasteiger partial charge in [-0.3, -0.25) is 0 Å². The number of allylic oxidation sites excluding steroid dienone is 2. The van der Waals surface area contributed by atoms with E-state index >= 15 is 0 Å². The summed E-state index contributed by atoms with van der Waals surface area (Å²) in [6.45, 7) is 2.21. The summed E-state index contributed by atoms with van der Waals surface area (Å²) in [5.41, 5.74) is 0. The van der Waals surface area contributed by atoms with Gasteiger partial charge in [-0.15, -0.1) is 0 Å². The Kier molecular flexibility index (Phi) is 9.57. The van der Waals surface area contributed by atoms with Gasteiger partial charge in [-0.2, -0.15) is 5.26 Å². The molecule has 0 radical (unpaired) electrons. The average Bonchev–Trinajstić information content (AvgIpc) is 2.10. The molecule has 0 spiro atoms. The lowest BCUT2D eigenvalue weighted by Gasteiger charge is -1.91. The van der Waals surface area contributed by atoms with Crippen LogP contribution < -0.4 is 0 Å². The van der Waals surface area contributed by atoms with E-state index in [9.17, 15) is 0 Å². The van der Waals surface area contributed by atoms with Crippen molar-refractivity contribution in [2.24, 2.45) is 0 Å². The third-order valence-corrected chi connectivity index (χ3v) is 1.80. The van der Waals surface area contributed by atoms with Gasteiger partial charge in [0.25, 0.3) is 0 Å². The first-order valence-corrected chi connectivity index (χ1v) is 4.93. The van der Waals surface area contributed by atoms with Crippen LogP contribution in [0.4, 0.5) is 0 Å². The number of hydrogen-bond acceptors (Lipinski definition) is 1. The lowest BCUT2D eigenvalue weighted by molar-refractivity contribution is 0.761. The molecule has 0 rings (SSSR count). The summed E-state index contributed by atoms with van der Waals surface area (Å²) >= 11 is 0. The van der Waals surface area contributed by atoms with E-state index in [0.29, 0.717) is 6.42 Å². The second kappa shape index (κ2) is 10.2. The second-order valence-electron chi connectivity index (χ2n) is 3.02. The van der Waals surface area contributed by atoms with Crippen molar-refractivity contribution in [1.82, 2.24) is 0 Å². The predicted molar refractivity (Wildman–Crippen MR) is 52.7 cm³/mol. The summed E-state index contributed by atoms with van der Waals surface area (Å²) in [5.74, 6) is 0. The lowest BCUT2D eigenvalue weighted by atomic mass is 10.2. The zero-order chi connectivity index (χ0) is 9.07. The van der Waals surface area contributed by atoms with Gasteiger partial charge in [-0.05, 0) is 25.7 Å². The molecule has 0 aromatic rings. The first-order valence-electron chi connectivity index (χ1n) is 4.93. The SMILES string of the molecule is CCCCC=CCCCCC#N. The van der Waals surface area contributed by atoms with Crippen LogP contribution in [0.2, 0.25) is 0 Å². The molecule has 68 valence electrons. The third-order valence-electron chi connectivity index (χ3n) is 1.80. The number of hydrogen-bond donors (Lipinski definition) is 0. The zero-order valence-electron chi connectivity index (χ0n) is 8.05. The van der Waals surface area contributed by atoms with Crippen LogP contribution in [0.3, 0.4) is 0 Å². The van der Waals surface area contributed by atoms with Crippen LogP contribution in [0.1, 0.15) is 51.9 Å². The normalized spacial score (nSPS) is 10.3. The van der Waals surface area contributed by atoms with Crippen molar-refractivity contribution in [3.63, 3.8) is 0 Å². The van der Waals surface area contributed by atoms with Crippen LogP contribution >= 0.6 is 0 Å². The maximum Gasteiger partial charge on any atom is 0.0621 e. The van der Waals surface area contributed by atoms with Crippen molar-refractivity contribution in [1.29, 1.82) is 5.26 Å². The summed E-state index contributed by atoms with van der Waals surface area (Å²) in [6, 6.07) is 2.15. The molecule has 0 aliphatic rings.